The van der Waals surface area contributed by atoms with Crippen molar-refractivity contribution in [1.29, 1.82) is 0 Å². The fourth-order valence-corrected chi connectivity index (χ4v) is 4.09. The van der Waals surface area contributed by atoms with Gasteiger partial charge in [0, 0.05) is 17.3 Å². The lowest BCUT2D eigenvalue weighted by Crippen LogP contribution is -2.51. The second-order valence-electron chi connectivity index (χ2n) is 8.42. The van der Waals surface area contributed by atoms with Crippen molar-refractivity contribution in [1.82, 2.24) is 25.5 Å². The van der Waals surface area contributed by atoms with Gasteiger partial charge in [-0.05, 0) is 73.9 Å². The minimum atomic E-state index is -0.708. The molecule has 9 heteroatoms. The van der Waals surface area contributed by atoms with Crippen LogP contribution in [0.1, 0.15) is 38.2 Å². The predicted molar refractivity (Wildman–Crippen MR) is 122 cm³/mol. The molecule has 1 saturated carbocycles. The topological polar surface area (TPSA) is 93.0 Å². The first kappa shape index (κ1) is 22.6. The van der Waals surface area contributed by atoms with E-state index in [1.165, 1.54) is 21.8 Å². The molecule has 4 rings (SSSR count). The molecule has 1 aromatic heterocycles. The smallest absolute Gasteiger partial charge is 0.251 e. The molecule has 2 aromatic carbocycles. The molecule has 0 saturated heterocycles. The first-order chi connectivity index (χ1) is 15.9. The Morgan fingerprint density at radius 1 is 1.18 bits per heavy atom. The summed E-state index contributed by atoms with van der Waals surface area (Å²) in [5.74, 6) is -0.593. The van der Waals surface area contributed by atoms with Crippen molar-refractivity contribution in [2.24, 2.45) is 0 Å². The highest BCUT2D eigenvalue weighted by atomic mass is 19.1. The van der Waals surface area contributed by atoms with Gasteiger partial charge in [-0.1, -0.05) is 25.0 Å². The SMILES string of the molecule is Cc1cccc(N(C(=O)Cn2nnc(-c3ccc(F)cc3)n2)[C@H](C)C(=O)NC2CCCC2)c1. The van der Waals surface area contributed by atoms with Crippen LogP contribution < -0.4 is 10.2 Å². The highest BCUT2D eigenvalue weighted by Gasteiger charge is 2.30. The van der Waals surface area contributed by atoms with E-state index in [9.17, 15) is 14.0 Å². The Bertz CT molecular complexity index is 1120. The summed E-state index contributed by atoms with van der Waals surface area (Å²) in [6, 6.07) is 12.6. The number of rotatable bonds is 7. The number of carbonyl (C=O) groups excluding carboxylic acids is 2. The summed E-state index contributed by atoms with van der Waals surface area (Å²) >= 11 is 0. The van der Waals surface area contributed by atoms with Crippen molar-refractivity contribution >= 4 is 17.5 Å². The fourth-order valence-electron chi connectivity index (χ4n) is 4.09. The van der Waals surface area contributed by atoms with E-state index in [4.69, 9.17) is 0 Å². The number of amides is 2. The lowest BCUT2D eigenvalue weighted by molar-refractivity contribution is -0.127. The number of nitrogens with one attached hydrogen (secondary N) is 1. The van der Waals surface area contributed by atoms with E-state index in [1.807, 2.05) is 31.2 Å². The summed E-state index contributed by atoms with van der Waals surface area (Å²) in [5, 5.41) is 15.3. The summed E-state index contributed by atoms with van der Waals surface area (Å²) in [7, 11) is 0. The highest BCUT2D eigenvalue weighted by molar-refractivity contribution is 6.00. The quantitative estimate of drug-likeness (QED) is 0.596. The van der Waals surface area contributed by atoms with Crippen LogP contribution in [0.15, 0.2) is 48.5 Å². The average molecular weight is 451 g/mol. The van der Waals surface area contributed by atoms with Gasteiger partial charge in [-0.2, -0.15) is 4.80 Å². The standard InChI is InChI=1S/C24H27FN6O2/c1-16-6-5-9-21(14-16)31(17(2)24(33)26-20-7-3-4-8-20)22(32)15-30-28-23(27-29-30)18-10-12-19(25)13-11-18/h5-6,9-14,17,20H,3-4,7-8,15H2,1-2H3,(H,26,33)/t17-/m1/s1. The van der Waals surface area contributed by atoms with E-state index in [1.54, 1.807) is 19.1 Å². The van der Waals surface area contributed by atoms with E-state index < -0.39 is 6.04 Å². The van der Waals surface area contributed by atoms with Gasteiger partial charge in [0.25, 0.3) is 5.91 Å². The van der Waals surface area contributed by atoms with Crippen molar-refractivity contribution in [3.05, 3.63) is 59.9 Å². The largest absolute Gasteiger partial charge is 0.352 e. The second kappa shape index (κ2) is 9.89. The monoisotopic (exact) mass is 450 g/mol. The minimum absolute atomic E-state index is 0.157. The first-order valence-corrected chi connectivity index (χ1v) is 11.1. The maximum atomic E-state index is 13.4. The molecule has 0 unspecified atom stereocenters. The molecule has 0 bridgehead atoms. The van der Waals surface area contributed by atoms with Gasteiger partial charge in [-0.3, -0.25) is 14.5 Å². The van der Waals surface area contributed by atoms with Crippen LogP contribution >= 0.6 is 0 Å². The maximum Gasteiger partial charge on any atom is 0.251 e. The van der Waals surface area contributed by atoms with Gasteiger partial charge in [-0.15, -0.1) is 10.2 Å². The maximum absolute atomic E-state index is 13.4. The van der Waals surface area contributed by atoms with Crippen molar-refractivity contribution < 1.29 is 14.0 Å². The van der Waals surface area contributed by atoms with E-state index in [2.05, 4.69) is 20.7 Å². The number of carbonyl (C=O) groups is 2. The highest BCUT2D eigenvalue weighted by Crippen LogP contribution is 2.22. The molecule has 1 atom stereocenters. The van der Waals surface area contributed by atoms with Crippen molar-refractivity contribution in [3.63, 3.8) is 0 Å². The molecule has 1 fully saturated rings. The third-order valence-electron chi connectivity index (χ3n) is 5.85. The van der Waals surface area contributed by atoms with Gasteiger partial charge < -0.3 is 5.32 Å². The Morgan fingerprint density at radius 2 is 1.91 bits per heavy atom. The summed E-state index contributed by atoms with van der Waals surface area (Å²) in [6.45, 7) is 3.47. The Labute approximate surface area is 191 Å². The van der Waals surface area contributed by atoms with Gasteiger partial charge in [-0.25, -0.2) is 4.39 Å². The van der Waals surface area contributed by atoms with Crippen LogP contribution in [0.25, 0.3) is 11.4 Å². The summed E-state index contributed by atoms with van der Waals surface area (Å²) < 4.78 is 13.2. The van der Waals surface area contributed by atoms with Crippen molar-refractivity contribution in [3.8, 4) is 11.4 Å². The van der Waals surface area contributed by atoms with Crippen LogP contribution in [-0.4, -0.2) is 44.1 Å². The third-order valence-corrected chi connectivity index (χ3v) is 5.85. The van der Waals surface area contributed by atoms with Crippen molar-refractivity contribution in [2.75, 3.05) is 4.90 Å². The third kappa shape index (κ3) is 5.42. The van der Waals surface area contributed by atoms with Crippen LogP contribution in [0.5, 0.6) is 0 Å². The number of hydrogen-bond acceptors (Lipinski definition) is 5. The minimum Gasteiger partial charge on any atom is -0.352 e. The summed E-state index contributed by atoms with van der Waals surface area (Å²) in [6.07, 6.45) is 4.14. The summed E-state index contributed by atoms with van der Waals surface area (Å²) in [4.78, 5) is 29.0. The van der Waals surface area contributed by atoms with Gasteiger partial charge in [0.05, 0.1) is 0 Å². The molecule has 1 heterocycles. The molecular weight excluding hydrogens is 423 g/mol. The van der Waals surface area contributed by atoms with Gasteiger partial charge in [0.15, 0.2) is 0 Å². The van der Waals surface area contributed by atoms with E-state index in [-0.39, 0.29) is 36.0 Å². The molecule has 1 aliphatic rings. The predicted octanol–water partition coefficient (Wildman–Crippen LogP) is 3.27. The van der Waals surface area contributed by atoms with Gasteiger partial charge in [0.2, 0.25) is 11.7 Å². The number of benzene rings is 2. The van der Waals surface area contributed by atoms with Crippen LogP contribution in [0.3, 0.4) is 0 Å². The van der Waals surface area contributed by atoms with E-state index in [0.717, 1.165) is 31.2 Å². The molecule has 0 spiro atoms. The average Bonchev–Trinajstić information content (AvgIpc) is 3.47. The lowest BCUT2D eigenvalue weighted by Gasteiger charge is -2.29. The molecule has 0 radical (unpaired) electrons. The Hall–Kier alpha value is -3.62. The number of aryl methyl sites for hydroxylation is 1. The zero-order valence-electron chi connectivity index (χ0n) is 18.7. The molecule has 172 valence electrons. The number of tetrazole rings is 1. The molecule has 0 aliphatic heterocycles. The van der Waals surface area contributed by atoms with E-state index in [0.29, 0.717) is 11.3 Å². The number of anilines is 1. The molecule has 1 N–H and O–H groups in total. The normalized spacial score (nSPS) is 14.8. The zero-order chi connectivity index (χ0) is 23.4. The van der Waals surface area contributed by atoms with Crippen LogP contribution in [0, 0.1) is 12.7 Å². The Morgan fingerprint density at radius 3 is 2.61 bits per heavy atom. The Balaban J connectivity index is 1.54. The van der Waals surface area contributed by atoms with Crippen LogP contribution in [0.2, 0.25) is 0 Å². The molecule has 8 nitrogen and oxygen atoms in total. The second-order valence-corrected chi connectivity index (χ2v) is 8.42. The van der Waals surface area contributed by atoms with E-state index >= 15 is 0 Å². The molecule has 2 amide bonds. The van der Waals surface area contributed by atoms with Gasteiger partial charge in [0.1, 0.15) is 18.4 Å². The zero-order valence-corrected chi connectivity index (χ0v) is 18.7. The van der Waals surface area contributed by atoms with Crippen molar-refractivity contribution in [2.45, 2.75) is 58.2 Å². The van der Waals surface area contributed by atoms with Crippen LogP contribution in [0.4, 0.5) is 10.1 Å². The first-order valence-electron chi connectivity index (χ1n) is 11.1. The number of nitrogens with zero attached hydrogens (tertiary/aromatic N) is 5. The van der Waals surface area contributed by atoms with Crippen LogP contribution in [-0.2, 0) is 16.1 Å². The number of hydrogen-bond donors (Lipinski definition) is 1. The molecular formula is C24H27FN6O2. The fraction of sp³-hybridized carbons (Fsp3) is 0.375. The lowest BCUT2D eigenvalue weighted by atomic mass is 10.1. The summed E-state index contributed by atoms with van der Waals surface area (Å²) in [5.41, 5.74) is 2.20. The van der Waals surface area contributed by atoms with Gasteiger partial charge >= 0.3 is 0 Å². The molecule has 33 heavy (non-hydrogen) atoms. The number of aromatic nitrogens is 4. The Kier molecular flexibility index (Phi) is 6.76. The molecule has 3 aromatic rings. The number of halogens is 1. The molecule has 1 aliphatic carbocycles.